The SMILES string of the molecule is OC1CC2C=CCC12. The van der Waals surface area contributed by atoms with Gasteiger partial charge in [0.1, 0.15) is 0 Å². The molecule has 0 saturated heterocycles. The summed E-state index contributed by atoms with van der Waals surface area (Å²) in [7, 11) is 0. The van der Waals surface area contributed by atoms with Gasteiger partial charge in [0.2, 0.25) is 0 Å². The number of rotatable bonds is 0. The van der Waals surface area contributed by atoms with Crippen LogP contribution in [0.25, 0.3) is 0 Å². The van der Waals surface area contributed by atoms with E-state index < -0.39 is 0 Å². The van der Waals surface area contributed by atoms with E-state index in [1.807, 2.05) is 0 Å². The molecular weight excluding hydrogens is 100 g/mol. The lowest BCUT2D eigenvalue weighted by Gasteiger charge is -2.36. The smallest absolute Gasteiger partial charge is 0.0582 e. The van der Waals surface area contributed by atoms with Gasteiger partial charge >= 0.3 is 0 Å². The van der Waals surface area contributed by atoms with Gasteiger partial charge in [-0.1, -0.05) is 12.2 Å². The zero-order valence-corrected chi connectivity index (χ0v) is 4.75. The van der Waals surface area contributed by atoms with Gasteiger partial charge in [-0.15, -0.1) is 0 Å². The fourth-order valence-corrected chi connectivity index (χ4v) is 1.68. The van der Waals surface area contributed by atoms with Crippen molar-refractivity contribution in [2.24, 2.45) is 11.8 Å². The molecule has 1 fully saturated rings. The van der Waals surface area contributed by atoms with Gasteiger partial charge in [-0.3, -0.25) is 0 Å². The third kappa shape index (κ3) is 0.402. The Morgan fingerprint density at radius 2 is 2.38 bits per heavy atom. The molecular formula is C7H10O. The second-order valence-corrected chi connectivity index (χ2v) is 2.79. The Morgan fingerprint density at radius 3 is 2.88 bits per heavy atom. The summed E-state index contributed by atoms with van der Waals surface area (Å²) in [6.07, 6.45) is 6.57. The van der Waals surface area contributed by atoms with E-state index in [4.69, 9.17) is 5.11 Å². The van der Waals surface area contributed by atoms with Gasteiger partial charge in [-0.05, 0) is 24.7 Å². The highest BCUT2D eigenvalue weighted by Gasteiger charge is 2.39. The summed E-state index contributed by atoms with van der Waals surface area (Å²) in [5, 5.41) is 9.08. The minimum Gasteiger partial charge on any atom is -0.393 e. The molecule has 44 valence electrons. The molecule has 0 heterocycles. The largest absolute Gasteiger partial charge is 0.393 e. The van der Waals surface area contributed by atoms with Crippen molar-refractivity contribution in [3.05, 3.63) is 12.2 Å². The number of hydrogen-bond acceptors (Lipinski definition) is 1. The second-order valence-electron chi connectivity index (χ2n) is 2.79. The predicted molar refractivity (Wildman–Crippen MR) is 31.4 cm³/mol. The van der Waals surface area contributed by atoms with Crippen LogP contribution in [0.15, 0.2) is 12.2 Å². The topological polar surface area (TPSA) is 20.2 Å². The molecule has 0 aliphatic heterocycles. The van der Waals surface area contributed by atoms with Gasteiger partial charge < -0.3 is 5.11 Å². The first kappa shape index (κ1) is 4.57. The summed E-state index contributed by atoms with van der Waals surface area (Å²) < 4.78 is 0. The van der Waals surface area contributed by atoms with Crippen molar-refractivity contribution in [2.45, 2.75) is 18.9 Å². The maximum atomic E-state index is 9.08. The Balaban J connectivity index is 2.08. The van der Waals surface area contributed by atoms with Gasteiger partial charge in [-0.25, -0.2) is 0 Å². The first-order chi connectivity index (χ1) is 3.88. The molecule has 1 saturated carbocycles. The molecule has 0 aromatic rings. The molecule has 2 aliphatic rings. The van der Waals surface area contributed by atoms with Crippen LogP contribution in [-0.4, -0.2) is 11.2 Å². The van der Waals surface area contributed by atoms with Crippen molar-refractivity contribution < 1.29 is 5.11 Å². The van der Waals surface area contributed by atoms with Crippen LogP contribution in [-0.2, 0) is 0 Å². The Morgan fingerprint density at radius 1 is 1.50 bits per heavy atom. The fourth-order valence-electron chi connectivity index (χ4n) is 1.68. The van der Waals surface area contributed by atoms with Gasteiger partial charge in [0.15, 0.2) is 0 Å². The molecule has 0 amide bonds. The maximum absolute atomic E-state index is 9.08. The lowest BCUT2D eigenvalue weighted by Crippen LogP contribution is -2.37. The van der Waals surface area contributed by atoms with E-state index in [2.05, 4.69) is 12.2 Å². The van der Waals surface area contributed by atoms with Crippen molar-refractivity contribution in [3.63, 3.8) is 0 Å². The molecule has 2 aliphatic carbocycles. The molecule has 0 bridgehead atoms. The lowest BCUT2D eigenvalue weighted by molar-refractivity contribution is -0.00322. The summed E-state index contributed by atoms with van der Waals surface area (Å²) in [6, 6.07) is 0. The highest BCUT2D eigenvalue weighted by atomic mass is 16.3. The summed E-state index contributed by atoms with van der Waals surface area (Å²) >= 11 is 0. The van der Waals surface area contributed by atoms with Crippen LogP contribution in [0.3, 0.4) is 0 Å². The van der Waals surface area contributed by atoms with Gasteiger partial charge in [0.05, 0.1) is 6.10 Å². The summed E-state index contributed by atoms with van der Waals surface area (Å²) in [4.78, 5) is 0. The Kier molecular flexibility index (Phi) is 0.770. The number of fused-ring (bicyclic) bond motifs is 1. The Labute approximate surface area is 49.0 Å². The highest BCUT2D eigenvalue weighted by Crippen LogP contribution is 2.42. The quantitative estimate of drug-likeness (QED) is 0.460. The average Bonchev–Trinajstić information content (AvgIpc) is 2.09. The maximum Gasteiger partial charge on any atom is 0.0582 e. The van der Waals surface area contributed by atoms with Crippen molar-refractivity contribution in [1.29, 1.82) is 0 Å². The molecule has 2 rings (SSSR count). The zero-order valence-electron chi connectivity index (χ0n) is 4.75. The normalized spacial score (nSPS) is 50.9. The minimum absolute atomic E-state index is 0.0231. The zero-order chi connectivity index (χ0) is 5.56. The van der Waals surface area contributed by atoms with E-state index in [0.717, 1.165) is 18.8 Å². The van der Waals surface area contributed by atoms with Crippen LogP contribution >= 0.6 is 0 Å². The summed E-state index contributed by atoms with van der Waals surface area (Å²) in [6.45, 7) is 0. The first-order valence-corrected chi connectivity index (χ1v) is 3.22. The van der Waals surface area contributed by atoms with E-state index in [1.165, 1.54) is 0 Å². The van der Waals surface area contributed by atoms with Crippen LogP contribution in [0.5, 0.6) is 0 Å². The van der Waals surface area contributed by atoms with Gasteiger partial charge in [0.25, 0.3) is 0 Å². The van der Waals surface area contributed by atoms with Crippen molar-refractivity contribution >= 4 is 0 Å². The Bertz CT molecular complexity index is 128. The van der Waals surface area contributed by atoms with Crippen molar-refractivity contribution in [3.8, 4) is 0 Å². The van der Waals surface area contributed by atoms with Crippen molar-refractivity contribution in [2.75, 3.05) is 0 Å². The number of allylic oxidation sites excluding steroid dienone is 2. The third-order valence-corrected chi connectivity index (χ3v) is 2.35. The van der Waals surface area contributed by atoms with E-state index in [-0.39, 0.29) is 6.10 Å². The molecule has 0 radical (unpaired) electrons. The minimum atomic E-state index is 0.0231. The average molecular weight is 110 g/mol. The van der Waals surface area contributed by atoms with E-state index in [9.17, 15) is 0 Å². The second kappa shape index (κ2) is 1.35. The van der Waals surface area contributed by atoms with Gasteiger partial charge in [-0.2, -0.15) is 0 Å². The van der Waals surface area contributed by atoms with E-state index in [0.29, 0.717) is 5.92 Å². The molecule has 1 heteroatoms. The summed E-state index contributed by atoms with van der Waals surface area (Å²) in [5.74, 6) is 1.35. The first-order valence-electron chi connectivity index (χ1n) is 3.22. The molecule has 1 nitrogen and oxygen atoms in total. The fraction of sp³-hybridized carbons (Fsp3) is 0.714. The van der Waals surface area contributed by atoms with Crippen LogP contribution in [0, 0.1) is 11.8 Å². The molecule has 3 atom stereocenters. The number of aliphatic hydroxyl groups excluding tert-OH is 1. The Hall–Kier alpha value is -0.300. The highest BCUT2D eigenvalue weighted by molar-refractivity contribution is 5.09. The molecule has 0 aromatic carbocycles. The lowest BCUT2D eigenvalue weighted by atomic mass is 9.73. The third-order valence-electron chi connectivity index (χ3n) is 2.35. The van der Waals surface area contributed by atoms with E-state index in [1.54, 1.807) is 0 Å². The molecule has 8 heavy (non-hydrogen) atoms. The summed E-state index contributed by atoms with van der Waals surface area (Å²) in [5.41, 5.74) is 0. The number of aliphatic hydroxyl groups is 1. The molecule has 1 N–H and O–H groups in total. The van der Waals surface area contributed by atoms with Crippen LogP contribution in [0.2, 0.25) is 0 Å². The monoisotopic (exact) mass is 110 g/mol. The molecule has 0 aromatic heterocycles. The van der Waals surface area contributed by atoms with Crippen LogP contribution < -0.4 is 0 Å². The number of hydrogen-bond donors (Lipinski definition) is 1. The van der Waals surface area contributed by atoms with Crippen molar-refractivity contribution in [1.82, 2.24) is 0 Å². The molecule has 0 spiro atoms. The molecule has 3 unspecified atom stereocenters. The standard InChI is InChI=1S/C7H10O/c8-7-4-5-2-1-3-6(5)7/h1-2,5-8H,3-4H2. The van der Waals surface area contributed by atoms with E-state index >= 15 is 0 Å². The van der Waals surface area contributed by atoms with Crippen LogP contribution in [0.4, 0.5) is 0 Å². The van der Waals surface area contributed by atoms with Crippen LogP contribution in [0.1, 0.15) is 12.8 Å². The van der Waals surface area contributed by atoms with Gasteiger partial charge in [0, 0.05) is 0 Å². The predicted octanol–water partition coefficient (Wildman–Crippen LogP) is 0.943.